The lowest BCUT2D eigenvalue weighted by atomic mass is 9.88. The van der Waals surface area contributed by atoms with E-state index < -0.39 is 5.89 Å². The van der Waals surface area contributed by atoms with E-state index in [1.54, 1.807) is 11.3 Å². The van der Waals surface area contributed by atoms with Crippen molar-refractivity contribution in [2.24, 2.45) is 0 Å². The molecule has 0 radical (unpaired) electrons. The molecule has 0 N–H and O–H groups in total. The van der Waals surface area contributed by atoms with Crippen LogP contribution in [0, 0.1) is 20.8 Å². The molecule has 0 spiro atoms. The third-order valence-electron chi connectivity index (χ3n) is 6.59. The molecule has 6 rings (SSSR count). The Morgan fingerprint density at radius 3 is 2.47 bits per heavy atom. The fraction of sp³-hybridized carbons (Fsp3) is 0.200. The summed E-state index contributed by atoms with van der Waals surface area (Å²) in [7, 11) is 0. The number of benzene rings is 3. The topological polar surface area (TPSA) is 38.9 Å². The van der Waals surface area contributed by atoms with E-state index in [4.69, 9.17) is 10.8 Å². The normalized spacial score (nSPS) is 12.7. The van der Waals surface area contributed by atoms with Crippen LogP contribution in [0.4, 0.5) is 0 Å². The molecule has 0 aliphatic carbocycles. The second-order valence-electron chi connectivity index (χ2n) is 9.19. The molecular weight excluding hydrogens is 436 g/mol. The van der Waals surface area contributed by atoms with Crippen LogP contribution < -0.4 is 0 Å². The van der Waals surface area contributed by atoms with E-state index in [1.165, 1.54) is 11.1 Å². The van der Waals surface area contributed by atoms with Crippen molar-refractivity contribution in [1.82, 2.24) is 9.97 Å². The molecule has 0 unspecified atom stereocenters. The predicted octanol–water partition coefficient (Wildman–Crippen LogP) is 8.97. The van der Waals surface area contributed by atoms with Gasteiger partial charge in [-0.1, -0.05) is 44.2 Å². The van der Waals surface area contributed by atoms with Crippen molar-refractivity contribution < 1.29 is 5.79 Å². The van der Waals surface area contributed by atoms with Gasteiger partial charge >= 0.3 is 0 Å². The Morgan fingerprint density at radius 2 is 1.71 bits per heavy atom. The van der Waals surface area contributed by atoms with Crippen molar-refractivity contribution in [2.75, 3.05) is 0 Å². The summed E-state index contributed by atoms with van der Waals surface area (Å²) in [6, 6.07) is 18.7. The molecule has 0 atom stereocenters. The maximum Gasteiger partial charge on any atom is 0.144 e. The molecule has 3 aromatic heterocycles. The molecule has 0 aliphatic rings. The third-order valence-corrected chi connectivity index (χ3v) is 7.60. The Balaban J connectivity index is 1.62. The highest BCUT2D eigenvalue weighted by Crippen LogP contribution is 2.42. The first-order chi connectivity index (χ1) is 16.7. The van der Waals surface area contributed by atoms with E-state index >= 15 is 0 Å². The van der Waals surface area contributed by atoms with Gasteiger partial charge < -0.3 is 4.42 Å². The van der Waals surface area contributed by atoms with E-state index in [2.05, 4.69) is 61.3 Å². The molecule has 6 aromatic rings. The summed E-state index contributed by atoms with van der Waals surface area (Å²) in [4.78, 5) is 9.58. The maximum atomic E-state index is 8.95. The lowest BCUT2D eigenvalue weighted by Gasteiger charge is -2.18. The van der Waals surface area contributed by atoms with Gasteiger partial charge in [-0.25, -0.2) is 4.98 Å². The van der Waals surface area contributed by atoms with Gasteiger partial charge in [0.15, 0.2) is 0 Å². The van der Waals surface area contributed by atoms with Gasteiger partial charge in [0.2, 0.25) is 0 Å². The molecule has 0 amide bonds. The second-order valence-corrected chi connectivity index (χ2v) is 10.4. The van der Waals surface area contributed by atoms with Crippen LogP contribution in [0.3, 0.4) is 0 Å². The molecule has 0 saturated heterocycles. The van der Waals surface area contributed by atoms with Crippen molar-refractivity contribution in [3.63, 3.8) is 0 Å². The van der Waals surface area contributed by atoms with Crippen LogP contribution in [-0.2, 0) is 0 Å². The highest BCUT2D eigenvalue weighted by molar-refractivity contribution is 7.19. The van der Waals surface area contributed by atoms with Crippen molar-refractivity contribution in [3.05, 3.63) is 82.5 Å². The number of rotatable bonds is 3. The van der Waals surface area contributed by atoms with Gasteiger partial charge in [0.05, 0.1) is 20.9 Å². The Kier molecular flexibility index (Phi) is 4.56. The fourth-order valence-electron chi connectivity index (χ4n) is 5.04. The van der Waals surface area contributed by atoms with Crippen LogP contribution in [0.1, 0.15) is 42.8 Å². The Bertz CT molecular complexity index is 1750. The average molecular weight is 464 g/mol. The summed E-state index contributed by atoms with van der Waals surface area (Å²) in [6.07, 6.45) is 1.93. The predicted molar refractivity (Wildman–Crippen MR) is 144 cm³/mol. The number of furan rings is 1. The van der Waals surface area contributed by atoms with Crippen LogP contribution in [0.2, 0.25) is 0 Å². The van der Waals surface area contributed by atoms with Gasteiger partial charge in [-0.3, -0.25) is 4.98 Å². The van der Waals surface area contributed by atoms with E-state index in [0.29, 0.717) is 0 Å². The fourth-order valence-corrected chi connectivity index (χ4v) is 6.01. The maximum absolute atomic E-state index is 8.95. The van der Waals surface area contributed by atoms with Crippen LogP contribution >= 0.6 is 11.3 Å². The zero-order valence-corrected chi connectivity index (χ0v) is 20.8. The van der Waals surface area contributed by atoms with Crippen LogP contribution in [0.5, 0.6) is 0 Å². The number of aryl methyl sites for hydroxylation is 3. The SMILES string of the molecule is [2H]C(C)(C)c1cc(-c2cccc3c2oc2ccc4nc(C)sc4c23)ncc1-c1c(C)cccc1C. The number of pyridine rings is 1. The standard InChI is InChI=1S/C30H26N2OS/c1-16(2)22-14-25(31-15-23(22)27-17(3)8-6-9-18(27)4)20-10-7-11-21-28-26(33-29(20)21)13-12-24-30(28)34-19(5)32-24/h6-16H,1-5H3/i16D. The smallest absolute Gasteiger partial charge is 0.144 e. The van der Waals surface area contributed by atoms with Gasteiger partial charge in [0.1, 0.15) is 11.2 Å². The van der Waals surface area contributed by atoms with Crippen molar-refractivity contribution in [1.29, 1.82) is 0 Å². The number of fused-ring (bicyclic) bond motifs is 5. The minimum atomic E-state index is -0.796. The second kappa shape index (κ2) is 7.78. The molecule has 0 saturated carbocycles. The number of aromatic nitrogens is 2. The first-order valence-electron chi connectivity index (χ1n) is 12.0. The minimum absolute atomic E-state index is 0.796. The van der Waals surface area contributed by atoms with Crippen LogP contribution in [-0.4, -0.2) is 9.97 Å². The molecule has 3 nitrogen and oxygen atoms in total. The molecular formula is C30H26N2OS. The number of para-hydroxylation sites is 1. The quantitative estimate of drug-likeness (QED) is 0.263. The minimum Gasteiger partial charge on any atom is -0.455 e. The highest BCUT2D eigenvalue weighted by Gasteiger charge is 2.19. The van der Waals surface area contributed by atoms with Crippen LogP contribution in [0.25, 0.3) is 54.5 Å². The molecule has 168 valence electrons. The molecule has 0 bridgehead atoms. The average Bonchev–Trinajstić information content (AvgIpc) is 3.37. The molecule has 4 heteroatoms. The van der Waals surface area contributed by atoms with Crippen molar-refractivity contribution >= 4 is 43.5 Å². The van der Waals surface area contributed by atoms with Gasteiger partial charge in [0.25, 0.3) is 0 Å². The Morgan fingerprint density at radius 1 is 0.941 bits per heavy atom. The zero-order chi connectivity index (χ0) is 24.5. The molecule has 3 aromatic carbocycles. The lowest BCUT2D eigenvalue weighted by molar-refractivity contribution is 0.670. The van der Waals surface area contributed by atoms with Crippen molar-refractivity contribution in [3.8, 4) is 22.4 Å². The van der Waals surface area contributed by atoms with E-state index in [-0.39, 0.29) is 0 Å². The zero-order valence-electron chi connectivity index (χ0n) is 21.0. The van der Waals surface area contributed by atoms with E-state index in [9.17, 15) is 0 Å². The largest absolute Gasteiger partial charge is 0.455 e. The third kappa shape index (κ3) is 3.17. The summed E-state index contributed by atoms with van der Waals surface area (Å²) in [6.45, 7) is 10.2. The Hall–Kier alpha value is -3.50. The Labute approximate surface area is 204 Å². The number of nitrogens with zero attached hydrogens (tertiary/aromatic N) is 2. The summed E-state index contributed by atoms with van der Waals surface area (Å²) < 4.78 is 16.5. The van der Waals surface area contributed by atoms with E-state index in [0.717, 1.165) is 65.1 Å². The van der Waals surface area contributed by atoms with Gasteiger partial charge in [-0.2, -0.15) is 0 Å². The number of thiazole rings is 1. The van der Waals surface area contributed by atoms with Crippen LogP contribution in [0.15, 0.2) is 65.2 Å². The summed E-state index contributed by atoms with van der Waals surface area (Å²) >= 11 is 1.70. The number of hydrogen-bond donors (Lipinski definition) is 0. The summed E-state index contributed by atoms with van der Waals surface area (Å²) in [5.74, 6) is -0.796. The van der Waals surface area contributed by atoms with Gasteiger partial charge in [-0.05, 0) is 73.2 Å². The molecule has 0 aliphatic heterocycles. The molecule has 0 fully saturated rings. The summed E-state index contributed by atoms with van der Waals surface area (Å²) in [5, 5.41) is 3.22. The van der Waals surface area contributed by atoms with Gasteiger partial charge in [-0.15, -0.1) is 11.3 Å². The lowest BCUT2D eigenvalue weighted by Crippen LogP contribution is -1.99. The first kappa shape index (κ1) is 19.9. The monoisotopic (exact) mass is 463 g/mol. The molecule has 34 heavy (non-hydrogen) atoms. The van der Waals surface area contributed by atoms with E-state index in [1.807, 2.05) is 39.1 Å². The molecule has 3 heterocycles. The summed E-state index contributed by atoms with van der Waals surface area (Å²) in [5.41, 5.74) is 9.94. The number of hydrogen-bond acceptors (Lipinski definition) is 4. The van der Waals surface area contributed by atoms with Crippen molar-refractivity contribution in [2.45, 2.75) is 40.5 Å². The highest BCUT2D eigenvalue weighted by atomic mass is 32.1. The first-order valence-corrected chi connectivity index (χ1v) is 12.3. The van der Waals surface area contributed by atoms with Gasteiger partial charge in [0, 0.05) is 29.5 Å².